The Kier molecular flexibility index (Phi) is 5.27. The first-order valence-corrected chi connectivity index (χ1v) is 9.00. The third-order valence-electron chi connectivity index (χ3n) is 3.61. The zero-order chi connectivity index (χ0) is 17.3. The minimum absolute atomic E-state index is 0.178. The average Bonchev–Trinajstić information content (AvgIpc) is 3.30. The summed E-state index contributed by atoms with van der Waals surface area (Å²) in [5.74, 6) is 0.552. The van der Waals surface area contributed by atoms with E-state index in [-0.39, 0.29) is 17.5 Å². The van der Waals surface area contributed by atoms with E-state index >= 15 is 0 Å². The van der Waals surface area contributed by atoms with Crippen LogP contribution in [0, 0.1) is 6.92 Å². The number of amides is 1. The van der Waals surface area contributed by atoms with Gasteiger partial charge in [-0.3, -0.25) is 4.79 Å². The summed E-state index contributed by atoms with van der Waals surface area (Å²) in [6.07, 6.45) is 4.17. The van der Waals surface area contributed by atoms with E-state index in [4.69, 9.17) is 23.2 Å². The summed E-state index contributed by atoms with van der Waals surface area (Å²) < 4.78 is 0.828. The molecule has 0 atom stereocenters. The lowest BCUT2D eigenvalue weighted by molar-refractivity contribution is -0.115. The Labute approximate surface area is 158 Å². The maximum absolute atomic E-state index is 12.4. The predicted octanol–water partition coefficient (Wildman–Crippen LogP) is 4.61. The molecule has 1 aliphatic rings. The highest BCUT2D eigenvalue weighted by Crippen LogP contribution is 2.29. The highest BCUT2D eigenvalue weighted by atomic mass is 79.9. The molecule has 0 bridgehead atoms. The van der Waals surface area contributed by atoms with E-state index in [1.807, 2.05) is 13.0 Å². The summed E-state index contributed by atoms with van der Waals surface area (Å²) in [6, 6.07) is 4.01. The highest BCUT2D eigenvalue weighted by Gasteiger charge is 2.23. The van der Waals surface area contributed by atoms with Gasteiger partial charge >= 0.3 is 0 Å². The number of pyridine rings is 2. The van der Waals surface area contributed by atoms with Crippen molar-refractivity contribution in [2.75, 3.05) is 10.6 Å². The second kappa shape index (κ2) is 7.25. The van der Waals surface area contributed by atoms with Gasteiger partial charge in [-0.1, -0.05) is 23.2 Å². The topological polar surface area (TPSA) is 66.9 Å². The summed E-state index contributed by atoms with van der Waals surface area (Å²) in [5.41, 5.74) is 2.06. The van der Waals surface area contributed by atoms with Crippen LogP contribution in [0.3, 0.4) is 0 Å². The van der Waals surface area contributed by atoms with Gasteiger partial charge in [0, 0.05) is 22.3 Å². The van der Waals surface area contributed by atoms with E-state index in [2.05, 4.69) is 36.5 Å². The van der Waals surface area contributed by atoms with Crippen LogP contribution in [0.1, 0.15) is 24.0 Å². The second-order valence-corrected chi connectivity index (χ2v) is 7.39. The number of halogens is 3. The predicted molar refractivity (Wildman–Crippen MR) is 99.9 cm³/mol. The zero-order valence-corrected chi connectivity index (χ0v) is 16.0. The molecule has 1 fully saturated rings. The van der Waals surface area contributed by atoms with Crippen molar-refractivity contribution < 1.29 is 4.79 Å². The molecule has 24 heavy (non-hydrogen) atoms. The Bertz CT molecular complexity index is 773. The molecule has 8 heteroatoms. The normalized spacial score (nSPS) is 13.7. The number of anilines is 2. The van der Waals surface area contributed by atoms with Gasteiger partial charge in [-0.25, -0.2) is 9.97 Å². The van der Waals surface area contributed by atoms with Gasteiger partial charge in [0.1, 0.15) is 11.0 Å². The molecule has 3 rings (SSSR count). The lowest BCUT2D eigenvalue weighted by atomic mass is 10.1. The van der Waals surface area contributed by atoms with Gasteiger partial charge < -0.3 is 10.6 Å². The highest BCUT2D eigenvalue weighted by molar-refractivity contribution is 9.10. The minimum Gasteiger partial charge on any atom is -0.367 e. The number of nitrogens with zero attached hydrogens (tertiary/aromatic N) is 2. The fourth-order valence-electron chi connectivity index (χ4n) is 2.27. The SMILES string of the molecule is Cc1cc(Cl)nc(Cl)c1NC(=O)Cc1cc(Br)cnc1NC1CC1. The summed E-state index contributed by atoms with van der Waals surface area (Å²) >= 11 is 15.3. The summed E-state index contributed by atoms with van der Waals surface area (Å²) in [4.78, 5) is 20.8. The molecular weight excluding hydrogens is 415 g/mol. The van der Waals surface area contributed by atoms with E-state index in [1.54, 1.807) is 12.3 Å². The fraction of sp³-hybridized carbons (Fsp3) is 0.312. The van der Waals surface area contributed by atoms with Crippen molar-refractivity contribution in [3.8, 4) is 0 Å². The van der Waals surface area contributed by atoms with Crippen LogP contribution in [-0.2, 0) is 11.2 Å². The maximum Gasteiger partial charge on any atom is 0.229 e. The number of carbonyl (C=O) groups is 1. The monoisotopic (exact) mass is 428 g/mol. The molecule has 1 saturated carbocycles. The van der Waals surface area contributed by atoms with Crippen LogP contribution < -0.4 is 10.6 Å². The third-order valence-corrected chi connectivity index (χ3v) is 4.51. The van der Waals surface area contributed by atoms with Crippen LogP contribution in [0.4, 0.5) is 11.5 Å². The minimum atomic E-state index is -0.192. The van der Waals surface area contributed by atoms with E-state index in [0.717, 1.165) is 34.3 Å². The van der Waals surface area contributed by atoms with Crippen LogP contribution in [0.5, 0.6) is 0 Å². The lowest BCUT2D eigenvalue weighted by Gasteiger charge is -2.13. The quantitative estimate of drug-likeness (QED) is 0.681. The zero-order valence-electron chi connectivity index (χ0n) is 12.9. The van der Waals surface area contributed by atoms with Crippen LogP contribution >= 0.6 is 39.1 Å². The molecule has 2 aromatic rings. The number of nitrogens with one attached hydrogen (secondary N) is 2. The molecule has 0 spiro atoms. The van der Waals surface area contributed by atoms with Gasteiger partial charge in [-0.2, -0.15) is 0 Å². The first-order chi connectivity index (χ1) is 11.4. The van der Waals surface area contributed by atoms with Crippen molar-refractivity contribution in [2.24, 2.45) is 0 Å². The van der Waals surface area contributed by atoms with Gasteiger partial charge in [0.25, 0.3) is 0 Å². The van der Waals surface area contributed by atoms with Gasteiger partial charge in [0.05, 0.1) is 12.1 Å². The van der Waals surface area contributed by atoms with E-state index in [1.165, 1.54) is 0 Å². The molecule has 0 aromatic carbocycles. The first kappa shape index (κ1) is 17.5. The molecule has 2 aromatic heterocycles. The molecular formula is C16H15BrCl2N4O. The second-order valence-electron chi connectivity index (χ2n) is 5.73. The Morgan fingerprint density at radius 3 is 2.79 bits per heavy atom. The lowest BCUT2D eigenvalue weighted by Crippen LogP contribution is -2.17. The molecule has 126 valence electrons. The van der Waals surface area contributed by atoms with Crippen LogP contribution in [0.2, 0.25) is 10.3 Å². The summed E-state index contributed by atoms with van der Waals surface area (Å²) in [7, 11) is 0. The largest absolute Gasteiger partial charge is 0.367 e. The van der Waals surface area contributed by atoms with E-state index in [9.17, 15) is 4.79 Å². The van der Waals surface area contributed by atoms with Crippen molar-refractivity contribution in [3.05, 3.63) is 44.2 Å². The summed E-state index contributed by atoms with van der Waals surface area (Å²) in [6.45, 7) is 1.82. The molecule has 1 aliphatic carbocycles. The number of aryl methyl sites for hydroxylation is 1. The first-order valence-electron chi connectivity index (χ1n) is 7.46. The van der Waals surface area contributed by atoms with E-state index in [0.29, 0.717) is 16.9 Å². The van der Waals surface area contributed by atoms with Crippen molar-refractivity contribution >= 4 is 56.5 Å². The van der Waals surface area contributed by atoms with Gasteiger partial charge in [0.15, 0.2) is 5.15 Å². The van der Waals surface area contributed by atoms with E-state index < -0.39 is 0 Å². The fourth-order valence-corrected chi connectivity index (χ4v) is 3.23. The number of hydrogen-bond acceptors (Lipinski definition) is 4. The molecule has 2 N–H and O–H groups in total. The third kappa shape index (κ3) is 4.37. The molecule has 5 nitrogen and oxygen atoms in total. The average molecular weight is 430 g/mol. The van der Waals surface area contributed by atoms with Crippen LogP contribution in [0.25, 0.3) is 0 Å². The van der Waals surface area contributed by atoms with Crippen LogP contribution in [-0.4, -0.2) is 21.9 Å². The van der Waals surface area contributed by atoms with Gasteiger partial charge in [-0.05, 0) is 53.4 Å². The Hall–Kier alpha value is -1.37. The number of rotatable bonds is 5. The Balaban J connectivity index is 1.76. The summed E-state index contributed by atoms with van der Waals surface area (Å²) in [5, 5.41) is 6.62. The Morgan fingerprint density at radius 2 is 2.12 bits per heavy atom. The number of aromatic nitrogens is 2. The van der Waals surface area contributed by atoms with Crippen molar-refractivity contribution in [2.45, 2.75) is 32.2 Å². The van der Waals surface area contributed by atoms with Crippen molar-refractivity contribution in [3.63, 3.8) is 0 Å². The van der Waals surface area contributed by atoms with Crippen molar-refractivity contribution in [1.29, 1.82) is 0 Å². The number of carbonyl (C=O) groups excluding carboxylic acids is 1. The maximum atomic E-state index is 12.4. The molecule has 0 aliphatic heterocycles. The van der Waals surface area contributed by atoms with Crippen LogP contribution in [0.15, 0.2) is 22.8 Å². The molecule has 0 radical (unpaired) electrons. The molecule has 0 unspecified atom stereocenters. The number of hydrogen-bond donors (Lipinski definition) is 2. The standard InChI is InChI=1S/C16H15BrCl2N4O/c1-8-4-12(18)22-15(19)14(8)23-13(24)6-9-5-10(17)7-20-16(9)21-11-2-3-11/h4-5,7,11H,2-3,6H2,1H3,(H,20,21)(H,23,24). The molecule has 2 heterocycles. The molecule has 0 saturated heterocycles. The smallest absolute Gasteiger partial charge is 0.229 e. The van der Waals surface area contributed by atoms with Gasteiger partial charge in [0.2, 0.25) is 5.91 Å². The van der Waals surface area contributed by atoms with Crippen molar-refractivity contribution in [1.82, 2.24) is 9.97 Å². The Morgan fingerprint density at radius 1 is 1.38 bits per heavy atom. The molecule has 1 amide bonds. The van der Waals surface area contributed by atoms with Gasteiger partial charge in [-0.15, -0.1) is 0 Å².